The van der Waals surface area contributed by atoms with Crippen LogP contribution in [-0.2, 0) is 6.54 Å². The van der Waals surface area contributed by atoms with Crippen LogP contribution in [-0.4, -0.2) is 25.1 Å². The summed E-state index contributed by atoms with van der Waals surface area (Å²) in [6.45, 7) is 2.43. The summed E-state index contributed by atoms with van der Waals surface area (Å²) in [7, 11) is 3.22. The predicted octanol–water partition coefficient (Wildman–Crippen LogP) is 4.46. The standard InChI is InChI=1S/C22H23N3O3S/c1-15-6-7-17(22(26)24-14-16-5-4-10-23-13-16)11-19(15)25-29-18-8-9-20(27-2)21(12-18)28-3/h4-13,25H,14H2,1-3H3,(H,24,26). The van der Waals surface area contributed by atoms with E-state index in [0.717, 1.165) is 21.7 Å². The summed E-state index contributed by atoms with van der Waals surface area (Å²) >= 11 is 1.44. The van der Waals surface area contributed by atoms with E-state index in [0.29, 0.717) is 23.6 Å². The molecule has 0 radical (unpaired) electrons. The molecule has 1 aromatic heterocycles. The fraction of sp³-hybridized carbons (Fsp3) is 0.182. The summed E-state index contributed by atoms with van der Waals surface area (Å²) in [5.74, 6) is 1.22. The number of anilines is 1. The number of nitrogens with one attached hydrogen (secondary N) is 2. The minimum absolute atomic E-state index is 0.131. The van der Waals surface area contributed by atoms with Crippen LogP contribution in [0.15, 0.2) is 65.8 Å². The van der Waals surface area contributed by atoms with Crippen LogP contribution in [0.3, 0.4) is 0 Å². The van der Waals surface area contributed by atoms with Gasteiger partial charge in [0, 0.05) is 35.1 Å². The largest absolute Gasteiger partial charge is 0.493 e. The van der Waals surface area contributed by atoms with Gasteiger partial charge in [-0.25, -0.2) is 0 Å². The molecule has 2 aromatic carbocycles. The molecule has 0 aliphatic carbocycles. The zero-order valence-corrected chi connectivity index (χ0v) is 17.4. The van der Waals surface area contributed by atoms with Gasteiger partial charge in [-0.05, 0) is 66.4 Å². The Morgan fingerprint density at radius 2 is 1.90 bits per heavy atom. The number of carbonyl (C=O) groups is 1. The van der Waals surface area contributed by atoms with Crippen molar-refractivity contribution < 1.29 is 14.3 Å². The van der Waals surface area contributed by atoms with Crippen LogP contribution in [0.4, 0.5) is 5.69 Å². The number of hydrogen-bond donors (Lipinski definition) is 2. The highest BCUT2D eigenvalue weighted by atomic mass is 32.2. The van der Waals surface area contributed by atoms with Gasteiger partial charge >= 0.3 is 0 Å². The van der Waals surface area contributed by atoms with Crippen LogP contribution >= 0.6 is 11.9 Å². The van der Waals surface area contributed by atoms with Gasteiger partial charge in [-0.2, -0.15) is 0 Å². The Kier molecular flexibility index (Phi) is 6.97. The summed E-state index contributed by atoms with van der Waals surface area (Å²) < 4.78 is 13.9. The minimum atomic E-state index is -0.131. The maximum atomic E-state index is 12.5. The minimum Gasteiger partial charge on any atom is -0.493 e. The number of amides is 1. The monoisotopic (exact) mass is 409 g/mol. The van der Waals surface area contributed by atoms with Gasteiger partial charge in [0.25, 0.3) is 5.91 Å². The lowest BCUT2D eigenvalue weighted by atomic mass is 10.1. The van der Waals surface area contributed by atoms with E-state index in [1.165, 1.54) is 11.9 Å². The highest BCUT2D eigenvalue weighted by Crippen LogP contribution is 2.33. The third-order valence-electron chi connectivity index (χ3n) is 4.31. The first-order valence-corrected chi connectivity index (χ1v) is 9.85. The molecule has 0 saturated heterocycles. The number of hydrogen-bond acceptors (Lipinski definition) is 6. The Labute approximate surface area is 174 Å². The van der Waals surface area contributed by atoms with Crippen molar-refractivity contribution in [3.05, 3.63) is 77.6 Å². The van der Waals surface area contributed by atoms with Crippen molar-refractivity contribution in [3.63, 3.8) is 0 Å². The Balaban J connectivity index is 1.66. The fourth-order valence-corrected chi connectivity index (χ4v) is 3.40. The fourth-order valence-electron chi connectivity index (χ4n) is 2.65. The number of pyridine rings is 1. The molecule has 0 unspecified atom stereocenters. The van der Waals surface area contributed by atoms with E-state index in [1.807, 2.05) is 55.5 Å². The number of benzene rings is 2. The SMILES string of the molecule is COc1ccc(SNc2cc(C(=O)NCc3cccnc3)ccc2C)cc1OC. The van der Waals surface area contributed by atoms with Crippen molar-refractivity contribution >= 4 is 23.5 Å². The predicted molar refractivity (Wildman–Crippen MR) is 116 cm³/mol. The molecule has 0 atom stereocenters. The summed E-state index contributed by atoms with van der Waals surface area (Å²) in [6.07, 6.45) is 3.45. The molecule has 29 heavy (non-hydrogen) atoms. The lowest BCUT2D eigenvalue weighted by Gasteiger charge is -2.13. The van der Waals surface area contributed by atoms with E-state index in [9.17, 15) is 4.79 Å². The van der Waals surface area contributed by atoms with Gasteiger partial charge < -0.3 is 19.5 Å². The molecule has 0 aliphatic heterocycles. The molecular formula is C22H23N3O3S. The zero-order valence-electron chi connectivity index (χ0n) is 16.6. The number of carbonyl (C=O) groups excluding carboxylic acids is 1. The normalized spacial score (nSPS) is 10.3. The van der Waals surface area contributed by atoms with E-state index in [2.05, 4.69) is 15.0 Å². The molecule has 3 aromatic rings. The van der Waals surface area contributed by atoms with E-state index in [-0.39, 0.29) is 5.91 Å². The molecule has 150 valence electrons. The third kappa shape index (κ3) is 5.42. The van der Waals surface area contributed by atoms with Crippen LogP contribution in [0.5, 0.6) is 11.5 Å². The Hall–Kier alpha value is -3.19. The van der Waals surface area contributed by atoms with Crippen LogP contribution < -0.4 is 19.5 Å². The zero-order chi connectivity index (χ0) is 20.6. The summed E-state index contributed by atoms with van der Waals surface area (Å²) in [4.78, 5) is 17.5. The Bertz CT molecular complexity index is 980. The van der Waals surface area contributed by atoms with E-state index in [4.69, 9.17) is 9.47 Å². The van der Waals surface area contributed by atoms with Crippen molar-refractivity contribution in [2.75, 3.05) is 18.9 Å². The molecule has 2 N–H and O–H groups in total. The van der Waals surface area contributed by atoms with Crippen molar-refractivity contribution in [3.8, 4) is 11.5 Å². The number of aromatic nitrogens is 1. The second-order valence-electron chi connectivity index (χ2n) is 6.29. The highest BCUT2D eigenvalue weighted by molar-refractivity contribution is 8.00. The van der Waals surface area contributed by atoms with Gasteiger partial charge in [-0.3, -0.25) is 9.78 Å². The van der Waals surface area contributed by atoms with Crippen molar-refractivity contribution in [1.29, 1.82) is 0 Å². The van der Waals surface area contributed by atoms with Crippen molar-refractivity contribution in [2.45, 2.75) is 18.4 Å². The third-order valence-corrected chi connectivity index (χ3v) is 5.12. The average molecular weight is 410 g/mol. The molecule has 0 bridgehead atoms. The van der Waals surface area contributed by atoms with Crippen molar-refractivity contribution in [2.24, 2.45) is 0 Å². The molecule has 0 saturated carbocycles. The van der Waals surface area contributed by atoms with E-state index in [1.54, 1.807) is 26.6 Å². The Morgan fingerprint density at radius 3 is 2.62 bits per heavy atom. The van der Waals surface area contributed by atoms with Gasteiger partial charge in [0.2, 0.25) is 0 Å². The maximum Gasteiger partial charge on any atom is 0.251 e. The molecule has 1 amide bonds. The average Bonchev–Trinajstić information content (AvgIpc) is 2.77. The number of ether oxygens (including phenoxy) is 2. The Morgan fingerprint density at radius 1 is 1.07 bits per heavy atom. The molecular weight excluding hydrogens is 386 g/mol. The van der Waals surface area contributed by atoms with Crippen LogP contribution in [0.25, 0.3) is 0 Å². The van der Waals surface area contributed by atoms with Crippen LogP contribution in [0.1, 0.15) is 21.5 Å². The number of nitrogens with zero attached hydrogens (tertiary/aromatic N) is 1. The quantitative estimate of drug-likeness (QED) is 0.536. The van der Waals surface area contributed by atoms with Crippen molar-refractivity contribution in [1.82, 2.24) is 10.3 Å². The van der Waals surface area contributed by atoms with Gasteiger partial charge in [0.05, 0.1) is 14.2 Å². The lowest BCUT2D eigenvalue weighted by molar-refractivity contribution is 0.0951. The van der Waals surface area contributed by atoms with Crippen LogP contribution in [0.2, 0.25) is 0 Å². The van der Waals surface area contributed by atoms with Crippen LogP contribution in [0, 0.1) is 6.92 Å². The smallest absolute Gasteiger partial charge is 0.251 e. The molecule has 0 aliphatic rings. The van der Waals surface area contributed by atoms with E-state index < -0.39 is 0 Å². The topological polar surface area (TPSA) is 72.5 Å². The second-order valence-corrected chi connectivity index (χ2v) is 7.17. The lowest BCUT2D eigenvalue weighted by Crippen LogP contribution is -2.22. The molecule has 0 fully saturated rings. The molecule has 6 nitrogen and oxygen atoms in total. The molecule has 1 heterocycles. The number of aryl methyl sites for hydroxylation is 1. The summed E-state index contributed by atoms with van der Waals surface area (Å²) in [5, 5.41) is 2.92. The summed E-state index contributed by atoms with van der Waals surface area (Å²) in [6, 6.07) is 15.1. The van der Waals surface area contributed by atoms with E-state index >= 15 is 0 Å². The molecule has 3 rings (SSSR count). The highest BCUT2D eigenvalue weighted by Gasteiger charge is 2.10. The first-order valence-electron chi connectivity index (χ1n) is 9.03. The van der Waals surface area contributed by atoms with Gasteiger partial charge in [0.15, 0.2) is 11.5 Å². The first kappa shape index (κ1) is 20.5. The molecule has 0 spiro atoms. The van der Waals surface area contributed by atoms with Gasteiger partial charge in [0.1, 0.15) is 0 Å². The van der Waals surface area contributed by atoms with Gasteiger partial charge in [-0.1, -0.05) is 12.1 Å². The van der Waals surface area contributed by atoms with Gasteiger partial charge in [-0.15, -0.1) is 0 Å². The summed E-state index contributed by atoms with van der Waals surface area (Å²) in [5.41, 5.74) is 3.46. The number of methoxy groups -OCH3 is 2. The second kappa shape index (κ2) is 9.84. The number of rotatable bonds is 8. The maximum absolute atomic E-state index is 12.5. The molecule has 7 heteroatoms. The first-order chi connectivity index (χ1) is 14.1.